The molecule has 0 spiro atoms. The summed E-state index contributed by atoms with van der Waals surface area (Å²) in [4.78, 5) is 18.2. The molecule has 0 aliphatic carbocycles. The van der Waals surface area contributed by atoms with E-state index in [2.05, 4.69) is 0 Å². The number of nitro groups is 1. The molecule has 0 aliphatic rings. The van der Waals surface area contributed by atoms with Gasteiger partial charge >= 0.3 is 29.6 Å². The zero-order valence-corrected chi connectivity index (χ0v) is 7.16. The summed E-state index contributed by atoms with van der Waals surface area (Å²) in [7, 11) is 0. The number of carboxylic acids is 1. The van der Waals surface area contributed by atoms with Crippen LogP contribution in [0.2, 0.25) is 0 Å². The molecule has 0 saturated heterocycles. The molecule has 5 nitrogen and oxygen atoms in total. The van der Waals surface area contributed by atoms with Crippen molar-refractivity contribution in [3.63, 3.8) is 0 Å². The first-order valence-corrected chi connectivity index (χ1v) is 1.90. The van der Waals surface area contributed by atoms with Crippen LogP contribution >= 0.6 is 0 Å². The quantitative estimate of drug-likeness (QED) is 0.220. The number of aliphatic carboxylic acids is 1. The van der Waals surface area contributed by atoms with Crippen LogP contribution in [0.15, 0.2) is 0 Å². The number of hydrogen-bond donors (Lipinski definition) is 0. The smallest absolute Gasteiger partial charge is 0.543 e. The van der Waals surface area contributed by atoms with E-state index in [-0.39, 0.29) is 29.6 Å². The minimum absolute atomic E-state index is 0. The monoisotopic (exact) mass is 141 g/mol. The zero-order chi connectivity index (χ0) is 6.73. The first-order valence-electron chi connectivity index (χ1n) is 1.90. The zero-order valence-electron chi connectivity index (χ0n) is 5.16. The Hall–Kier alpha value is -0.130. The van der Waals surface area contributed by atoms with Gasteiger partial charge in [-0.1, -0.05) is 0 Å². The van der Waals surface area contributed by atoms with Crippen LogP contribution in [0.5, 0.6) is 0 Å². The second-order valence-corrected chi connectivity index (χ2v) is 1.28. The first-order chi connectivity index (χ1) is 3.55. The number of rotatable bonds is 2. The molecule has 46 valence electrons. The fourth-order valence-electron chi connectivity index (χ4n) is 0.0861. The van der Waals surface area contributed by atoms with Gasteiger partial charge in [-0.3, -0.25) is 10.1 Å². The van der Waals surface area contributed by atoms with E-state index < -0.39 is 16.9 Å². The van der Waals surface area contributed by atoms with Crippen LogP contribution in [-0.2, 0) is 4.79 Å². The van der Waals surface area contributed by atoms with E-state index in [9.17, 15) is 20.0 Å². The molecular weight excluding hydrogens is 137 g/mol. The standard InChI is InChI=1S/C3H5NO4.Na/c1-2(3(5)6)4(7)8;/h2H,1H3,(H,5,6);/q;+1/p-1. The largest absolute Gasteiger partial charge is 1.00 e. The van der Waals surface area contributed by atoms with Crippen molar-refractivity contribution in [3.8, 4) is 0 Å². The van der Waals surface area contributed by atoms with Crippen LogP contribution < -0.4 is 34.7 Å². The predicted octanol–water partition coefficient (Wildman–Crippen LogP) is -4.59. The minimum atomic E-state index is -1.66. The van der Waals surface area contributed by atoms with Crippen LogP contribution in [0, 0.1) is 10.1 Å². The van der Waals surface area contributed by atoms with E-state index >= 15 is 0 Å². The molecule has 6 heteroatoms. The van der Waals surface area contributed by atoms with Crippen molar-refractivity contribution in [2.45, 2.75) is 13.0 Å². The van der Waals surface area contributed by atoms with Gasteiger partial charge < -0.3 is 9.90 Å². The van der Waals surface area contributed by atoms with Crippen molar-refractivity contribution >= 4 is 5.97 Å². The summed E-state index contributed by atoms with van der Waals surface area (Å²) >= 11 is 0. The van der Waals surface area contributed by atoms with E-state index in [1.54, 1.807) is 0 Å². The Kier molecular flexibility index (Phi) is 6.11. The average Bonchev–Trinajstić information content (AvgIpc) is 1.64. The molecule has 0 aromatic carbocycles. The van der Waals surface area contributed by atoms with Crippen LogP contribution in [0.25, 0.3) is 0 Å². The fraction of sp³-hybridized carbons (Fsp3) is 0.667. The van der Waals surface area contributed by atoms with Gasteiger partial charge in [-0.2, -0.15) is 0 Å². The van der Waals surface area contributed by atoms with Crippen LogP contribution in [0.4, 0.5) is 0 Å². The number of carboxylic acid groups (broad SMARTS) is 1. The van der Waals surface area contributed by atoms with Gasteiger partial charge in [0.05, 0.1) is 0 Å². The maximum Gasteiger partial charge on any atom is 1.00 e. The van der Waals surface area contributed by atoms with Crippen molar-refractivity contribution in [3.05, 3.63) is 10.1 Å². The SMILES string of the molecule is CC(C(=O)[O-])[N+](=O)[O-].[Na+]. The molecule has 0 radical (unpaired) electrons. The van der Waals surface area contributed by atoms with Gasteiger partial charge in [-0.15, -0.1) is 0 Å². The van der Waals surface area contributed by atoms with E-state index in [0.717, 1.165) is 6.92 Å². The molecule has 1 atom stereocenters. The Balaban J connectivity index is 0. The molecular formula is C3H4NNaO4. The maximum absolute atomic E-state index is 9.59. The number of carbonyl (C=O) groups is 1. The molecule has 0 fully saturated rings. The summed E-state index contributed by atoms with van der Waals surface area (Å²) < 4.78 is 0. The number of hydrogen-bond acceptors (Lipinski definition) is 4. The molecule has 0 N–H and O–H groups in total. The molecule has 0 bridgehead atoms. The summed E-state index contributed by atoms with van der Waals surface area (Å²) in [5.41, 5.74) is 0. The Morgan fingerprint density at radius 2 is 2.00 bits per heavy atom. The molecule has 0 aromatic rings. The minimum Gasteiger partial charge on any atom is -0.543 e. The molecule has 0 amide bonds. The molecule has 0 aliphatic heterocycles. The molecule has 0 rings (SSSR count). The molecule has 0 saturated carbocycles. The Morgan fingerprint density at radius 3 is 2.00 bits per heavy atom. The van der Waals surface area contributed by atoms with Crippen molar-refractivity contribution < 1.29 is 44.4 Å². The van der Waals surface area contributed by atoms with E-state index in [4.69, 9.17) is 0 Å². The van der Waals surface area contributed by atoms with Crippen molar-refractivity contribution in [1.82, 2.24) is 0 Å². The third-order valence-electron chi connectivity index (χ3n) is 0.657. The first kappa shape index (κ1) is 11.6. The summed E-state index contributed by atoms with van der Waals surface area (Å²) in [6.45, 7) is 0.954. The Labute approximate surface area is 73.5 Å². The van der Waals surface area contributed by atoms with Crippen molar-refractivity contribution in [2.75, 3.05) is 0 Å². The predicted molar refractivity (Wildman–Crippen MR) is 21.5 cm³/mol. The van der Waals surface area contributed by atoms with Crippen molar-refractivity contribution in [1.29, 1.82) is 0 Å². The number of carbonyl (C=O) groups excluding carboxylic acids is 1. The summed E-state index contributed by atoms with van der Waals surface area (Å²) in [6, 6.07) is -1.60. The van der Waals surface area contributed by atoms with Gasteiger partial charge in [-0.25, -0.2) is 0 Å². The van der Waals surface area contributed by atoms with Crippen LogP contribution in [0.3, 0.4) is 0 Å². The average molecular weight is 141 g/mol. The molecule has 9 heavy (non-hydrogen) atoms. The molecule has 1 unspecified atom stereocenters. The van der Waals surface area contributed by atoms with Crippen LogP contribution in [0.1, 0.15) is 6.92 Å². The second kappa shape index (κ2) is 4.72. The van der Waals surface area contributed by atoms with Gasteiger partial charge in [0.2, 0.25) is 6.04 Å². The Bertz CT molecular complexity index is 111. The van der Waals surface area contributed by atoms with E-state index in [1.165, 1.54) is 0 Å². The van der Waals surface area contributed by atoms with Gasteiger partial charge in [0.1, 0.15) is 5.97 Å². The summed E-state index contributed by atoms with van der Waals surface area (Å²) in [5, 5.41) is 19.1. The second-order valence-electron chi connectivity index (χ2n) is 1.28. The Morgan fingerprint density at radius 1 is 1.67 bits per heavy atom. The van der Waals surface area contributed by atoms with Gasteiger partial charge in [0.15, 0.2) is 0 Å². The van der Waals surface area contributed by atoms with Crippen LogP contribution in [-0.4, -0.2) is 16.9 Å². The van der Waals surface area contributed by atoms with E-state index in [0.29, 0.717) is 0 Å². The summed E-state index contributed by atoms with van der Waals surface area (Å²) in [5.74, 6) is -1.66. The molecule has 0 heterocycles. The number of nitrogens with zero attached hydrogens (tertiary/aromatic N) is 1. The van der Waals surface area contributed by atoms with E-state index in [1.807, 2.05) is 0 Å². The third-order valence-corrected chi connectivity index (χ3v) is 0.657. The fourth-order valence-corrected chi connectivity index (χ4v) is 0.0861. The normalized spacial score (nSPS) is 11.2. The van der Waals surface area contributed by atoms with Gasteiger partial charge in [-0.05, 0) is 0 Å². The maximum atomic E-state index is 9.59. The van der Waals surface area contributed by atoms with Gasteiger partial charge in [0.25, 0.3) is 0 Å². The van der Waals surface area contributed by atoms with Crippen molar-refractivity contribution in [2.24, 2.45) is 0 Å². The topological polar surface area (TPSA) is 83.3 Å². The third kappa shape index (κ3) is 4.38. The molecule has 0 aromatic heterocycles. The van der Waals surface area contributed by atoms with Gasteiger partial charge in [0, 0.05) is 11.8 Å². The summed E-state index contributed by atoms with van der Waals surface area (Å²) in [6.07, 6.45) is 0.